The Hall–Kier alpha value is -4.86. The van der Waals surface area contributed by atoms with E-state index in [2.05, 4.69) is 23.5 Å². The Labute approximate surface area is 297 Å². The van der Waals surface area contributed by atoms with E-state index in [9.17, 15) is 14.4 Å². The second-order valence-electron chi connectivity index (χ2n) is 10.6. The van der Waals surface area contributed by atoms with Crippen molar-refractivity contribution in [3.8, 4) is 11.5 Å². The van der Waals surface area contributed by atoms with Gasteiger partial charge in [0, 0.05) is 30.1 Å². The van der Waals surface area contributed by atoms with Gasteiger partial charge in [0.2, 0.25) is 5.91 Å². The zero-order valence-electron chi connectivity index (χ0n) is 27.2. The van der Waals surface area contributed by atoms with Gasteiger partial charge >= 0.3 is 11.9 Å². The van der Waals surface area contributed by atoms with Crippen LogP contribution in [0.5, 0.6) is 11.5 Å². The first-order valence-electron chi connectivity index (χ1n) is 15.8. The van der Waals surface area contributed by atoms with Crippen LogP contribution in [0.4, 0.5) is 11.4 Å². The van der Waals surface area contributed by atoms with Crippen LogP contribution in [-0.2, 0) is 23.9 Å². The maximum Gasteiger partial charge on any atom is 0.330 e. The summed E-state index contributed by atoms with van der Waals surface area (Å²) in [5.41, 5.74) is 2.47. The third kappa shape index (κ3) is 15.3. The molecule has 0 aliphatic rings. The average molecular weight is 708 g/mol. The molecule has 0 unspecified atom stereocenters. The number of unbranched alkanes of at least 4 members (excludes halogenated alkanes) is 4. The van der Waals surface area contributed by atoms with Crippen molar-refractivity contribution in [2.24, 2.45) is 4.99 Å². The van der Waals surface area contributed by atoms with Crippen LogP contribution in [0.3, 0.4) is 0 Å². The Morgan fingerprint density at radius 1 is 0.673 bits per heavy atom. The van der Waals surface area contributed by atoms with E-state index in [1.54, 1.807) is 24.4 Å². The van der Waals surface area contributed by atoms with Crippen LogP contribution in [0, 0.1) is 0 Å². The van der Waals surface area contributed by atoms with E-state index in [1.807, 2.05) is 48.5 Å². The molecular weight excluding hydrogens is 667 g/mol. The smallest absolute Gasteiger partial charge is 0.330 e. The molecule has 1 amide bonds. The van der Waals surface area contributed by atoms with Gasteiger partial charge in [-0.05, 0) is 104 Å². The van der Waals surface area contributed by atoms with Gasteiger partial charge in [-0.1, -0.05) is 48.5 Å². The number of ether oxygens (including phenoxy) is 4. The van der Waals surface area contributed by atoms with E-state index in [1.165, 1.54) is 6.08 Å². The van der Waals surface area contributed by atoms with Crippen molar-refractivity contribution in [3.63, 3.8) is 0 Å². The average Bonchev–Trinajstić information content (AvgIpc) is 3.10. The van der Waals surface area contributed by atoms with Crippen LogP contribution in [-0.4, -0.2) is 50.5 Å². The Kier molecular flexibility index (Phi) is 17.2. The first-order chi connectivity index (χ1) is 23.8. The van der Waals surface area contributed by atoms with Gasteiger partial charge in [0.1, 0.15) is 17.2 Å². The lowest BCUT2D eigenvalue weighted by Crippen LogP contribution is -2.07. The van der Waals surface area contributed by atoms with Gasteiger partial charge in [-0.3, -0.25) is 9.79 Å². The minimum absolute atomic E-state index is 0.286. The van der Waals surface area contributed by atoms with Crippen molar-refractivity contribution in [2.45, 2.75) is 38.5 Å². The fraction of sp³-hybridized carbons (Fsp3) is 0.263. The highest BCUT2D eigenvalue weighted by Gasteiger charge is 2.09. The number of hydrogen-bond donors (Lipinski definition) is 1. The summed E-state index contributed by atoms with van der Waals surface area (Å²) >= 11 is 12.9. The molecule has 0 aliphatic heterocycles. The molecule has 1 N–H and O–H groups in total. The molecule has 9 nitrogen and oxygen atoms in total. The summed E-state index contributed by atoms with van der Waals surface area (Å²) in [6.45, 7) is 8.57. The van der Waals surface area contributed by atoms with Gasteiger partial charge in [-0.15, -0.1) is 0 Å². The molecule has 0 fully saturated rings. The second kappa shape index (κ2) is 21.9. The molecule has 0 bridgehead atoms. The number of rotatable bonds is 21. The molecule has 3 aromatic rings. The molecule has 258 valence electrons. The summed E-state index contributed by atoms with van der Waals surface area (Å²) in [5.74, 6) is 0.291. The van der Waals surface area contributed by atoms with Gasteiger partial charge in [-0.25, -0.2) is 9.59 Å². The summed E-state index contributed by atoms with van der Waals surface area (Å²) in [5, 5.41) is 3.34. The number of nitrogens with zero attached hydrogens (tertiary/aromatic N) is 1. The van der Waals surface area contributed by atoms with E-state index in [0.29, 0.717) is 37.8 Å². The van der Waals surface area contributed by atoms with E-state index >= 15 is 0 Å². The molecule has 0 aromatic heterocycles. The molecule has 11 heteroatoms. The molecule has 3 rings (SSSR count). The van der Waals surface area contributed by atoms with Crippen molar-refractivity contribution in [1.82, 2.24) is 0 Å². The van der Waals surface area contributed by atoms with E-state index in [0.717, 1.165) is 73.3 Å². The molecule has 0 saturated heterocycles. The number of nitrogens with one attached hydrogen (secondary N) is 1. The van der Waals surface area contributed by atoms with Gasteiger partial charge in [0.25, 0.3) is 0 Å². The number of hydrogen-bond acceptors (Lipinski definition) is 8. The number of amides is 1. The fourth-order valence-corrected chi connectivity index (χ4v) is 4.77. The lowest BCUT2D eigenvalue weighted by atomic mass is 10.2. The number of esters is 2. The third-order valence-electron chi connectivity index (χ3n) is 6.75. The van der Waals surface area contributed by atoms with Crippen LogP contribution in [0.25, 0.3) is 6.08 Å². The molecule has 49 heavy (non-hydrogen) atoms. The van der Waals surface area contributed by atoms with Crippen LogP contribution in [0.1, 0.15) is 49.7 Å². The Morgan fingerprint density at radius 3 is 1.63 bits per heavy atom. The first-order valence-corrected chi connectivity index (χ1v) is 16.6. The van der Waals surface area contributed by atoms with Crippen molar-refractivity contribution in [2.75, 3.05) is 31.7 Å². The quantitative estimate of drug-likeness (QED) is 0.0509. The maximum absolute atomic E-state index is 12.6. The minimum atomic E-state index is -0.411. The normalized spacial score (nSPS) is 10.9. The van der Waals surface area contributed by atoms with Gasteiger partial charge in [-0.2, -0.15) is 0 Å². The van der Waals surface area contributed by atoms with Crippen molar-refractivity contribution >= 4 is 64.7 Å². The predicted molar refractivity (Wildman–Crippen MR) is 195 cm³/mol. The van der Waals surface area contributed by atoms with Crippen LogP contribution in [0.2, 0.25) is 10.0 Å². The number of aliphatic imine (C=N–C) groups is 1. The van der Waals surface area contributed by atoms with E-state index in [4.69, 9.17) is 42.1 Å². The highest BCUT2D eigenvalue weighted by molar-refractivity contribution is 6.39. The fourth-order valence-electron chi connectivity index (χ4n) is 4.19. The molecule has 0 spiro atoms. The number of anilines is 1. The summed E-state index contributed by atoms with van der Waals surface area (Å²) in [4.78, 5) is 39.0. The largest absolute Gasteiger partial charge is 0.494 e. The topological polar surface area (TPSA) is 113 Å². The van der Waals surface area contributed by atoms with Gasteiger partial charge in [0.15, 0.2) is 0 Å². The third-order valence-corrected chi connectivity index (χ3v) is 7.33. The summed E-state index contributed by atoms with van der Waals surface area (Å²) in [6.07, 6.45) is 12.0. The van der Waals surface area contributed by atoms with Crippen molar-refractivity contribution in [1.29, 1.82) is 0 Å². The molecule has 0 atom stereocenters. The number of halogens is 2. The van der Waals surface area contributed by atoms with Gasteiger partial charge < -0.3 is 24.3 Å². The Balaban J connectivity index is 1.40. The van der Waals surface area contributed by atoms with Crippen LogP contribution < -0.4 is 14.8 Å². The minimum Gasteiger partial charge on any atom is -0.494 e. The molecule has 3 aromatic carbocycles. The monoisotopic (exact) mass is 706 g/mol. The highest BCUT2D eigenvalue weighted by atomic mass is 35.5. The molecular formula is C38H40Cl2N2O7. The molecule has 0 radical (unpaired) electrons. The maximum atomic E-state index is 12.6. The number of benzene rings is 3. The van der Waals surface area contributed by atoms with Crippen molar-refractivity contribution < 1.29 is 33.3 Å². The lowest BCUT2D eigenvalue weighted by Gasteiger charge is -2.08. The second-order valence-corrected chi connectivity index (χ2v) is 11.4. The lowest BCUT2D eigenvalue weighted by molar-refractivity contribution is -0.138. The first kappa shape index (κ1) is 38.6. The van der Waals surface area contributed by atoms with E-state index in [-0.39, 0.29) is 16.0 Å². The summed E-state index contributed by atoms with van der Waals surface area (Å²) in [7, 11) is 0. The van der Waals surface area contributed by atoms with Gasteiger partial charge in [0.05, 0.1) is 36.5 Å². The molecule has 0 heterocycles. The van der Waals surface area contributed by atoms with Crippen molar-refractivity contribution in [3.05, 3.63) is 113 Å². The predicted octanol–water partition coefficient (Wildman–Crippen LogP) is 8.95. The summed E-state index contributed by atoms with van der Waals surface area (Å²) in [6, 6.07) is 18.0. The summed E-state index contributed by atoms with van der Waals surface area (Å²) < 4.78 is 21.4. The number of carbonyl (C=O) groups excluding carboxylic acids is 3. The van der Waals surface area contributed by atoms with Crippen LogP contribution >= 0.6 is 23.2 Å². The SMILES string of the molecule is C=CC(=O)OCCCCCOc1ccc(C=Nc2c(Cl)cc(NC(=O)/C=C/c3ccc(OCCCCCOC(=O)C=C)cc3)cc2Cl)cc1. The van der Waals surface area contributed by atoms with Crippen LogP contribution in [0.15, 0.2) is 97.0 Å². The van der Waals surface area contributed by atoms with E-state index < -0.39 is 11.9 Å². The standard InChI is InChI=1S/C38H40Cl2N2O7/c1-3-36(44)48-23-9-5-7-21-46-31-16-11-28(12-17-31)15-20-35(43)42-30-25-33(39)38(34(40)26-30)41-27-29-13-18-32(19-14-29)47-22-8-6-10-24-49-37(45)4-2/h3-4,11-20,25-27H,1-2,5-10,21-24H2,(H,42,43)/b20-15+,41-27?. The Bertz CT molecular complexity index is 1580. The zero-order valence-corrected chi connectivity index (χ0v) is 28.7. The zero-order chi connectivity index (χ0) is 35.3. The molecule has 0 saturated carbocycles. The molecule has 0 aliphatic carbocycles. The highest BCUT2D eigenvalue weighted by Crippen LogP contribution is 2.36. The Morgan fingerprint density at radius 2 is 1.14 bits per heavy atom. The number of carbonyl (C=O) groups is 3.